The SMILES string of the molecule is OCCNc1ccc2c(c1)COO2. The third-order valence-corrected chi connectivity index (χ3v) is 1.86. The van der Waals surface area contributed by atoms with Crippen LogP contribution in [0.5, 0.6) is 5.75 Å². The Bertz CT molecular complexity index is 301. The molecule has 1 aromatic rings. The molecular formula is C9H11NO3. The summed E-state index contributed by atoms with van der Waals surface area (Å²) in [6.07, 6.45) is 0. The summed E-state index contributed by atoms with van der Waals surface area (Å²) in [5, 5.41) is 11.7. The quantitative estimate of drug-likeness (QED) is 0.681. The van der Waals surface area contributed by atoms with Crippen molar-refractivity contribution in [2.75, 3.05) is 18.5 Å². The minimum Gasteiger partial charge on any atom is -0.395 e. The second-order valence-electron chi connectivity index (χ2n) is 2.82. The maximum atomic E-state index is 8.61. The van der Waals surface area contributed by atoms with Crippen LogP contribution in [0.1, 0.15) is 5.56 Å². The van der Waals surface area contributed by atoms with Gasteiger partial charge in [0, 0.05) is 17.8 Å². The van der Waals surface area contributed by atoms with Crippen molar-refractivity contribution in [3.8, 4) is 5.75 Å². The molecule has 4 nitrogen and oxygen atoms in total. The van der Waals surface area contributed by atoms with Crippen molar-refractivity contribution in [3.63, 3.8) is 0 Å². The van der Waals surface area contributed by atoms with Gasteiger partial charge in [0.25, 0.3) is 0 Å². The summed E-state index contributed by atoms with van der Waals surface area (Å²) in [5.41, 5.74) is 2.00. The number of fused-ring (bicyclic) bond motifs is 1. The van der Waals surface area contributed by atoms with Gasteiger partial charge < -0.3 is 15.3 Å². The molecule has 0 amide bonds. The zero-order chi connectivity index (χ0) is 9.10. The first-order valence-corrected chi connectivity index (χ1v) is 4.17. The summed E-state index contributed by atoms with van der Waals surface area (Å²) >= 11 is 0. The lowest BCUT2D eigenvalue weighted by Crippen LogP contribution is -2.05. The largest absolute Gasteiger partial charge is 0.395 e. The molecule has 1 aliphatic rings. The number of hydrogen-bond donors (Lipinski definition) is 2. The van der Waals surface area contributed by atoms with E-state index in [0.717, 1.165) is 17.0 Å². The van der Waals surface area contributed by atoms with Crippen LogP contribution in [0.15, 0.2) is 18.2 Å². The van der Waals surface area contributed by atoms with Crippen LogP contribution in [0.4, 0.5) is 5.69 Å². The predicted molar refractivity (Wildman–Crippen MR) is 47.4 cm³/mol. The summed E-state index contributed by atoms with van der Waals surface area (Å²) in [6, 6.07) is 5.70. The Labute approximate surface area is 76.0 Å². The van der Waals surface area contributed by atoms with Gasteiger partial charge in [0.05, 0.1) is 6.61 Å². The average molecular weight is 181 g/mol. The van der Waals surface area contributed by atoms with Gasteiger partial charge in [-0.3, -0.25) is 0 Å². The van der Waals surface area contributed by atoms with E-state index in [9.17, 15) is 0 Å². The Morgan fingerprint density at radius 3 is 3.23 bits per heavy atom. The third kappa shape index (κ3) is 1.74. The first-order chi connectivity index (χ1) is 6.40. The molecule has 0 atom stereocenters. The highest BCUT2D eigenvalue weighted by Gasteiger charge is 2.13. The van der Waals surface area contributed by atoms with Crippen molar-refractivity contribution >= 4 is 5.69 Å². The summed E-state index contributed by atoms with van der Waals surface area (Å²) in [5.74, 6) is 0.773. The van der Waals surface area contributed by atoms with Crippen LogP contribution >= 0.6 is 0 Å². The van der Waals surface area contributed by atoms with E-state index in [-0.39, 0.29) is 6.61 Å². The van der Waals surface area contributed by atoms with Gasteiger partial charge in [-0.15, -0.1) is 0 Å². The number of rotatable bonds is 3. The molecule has 1 aliphatic heterocycles. The molecule has 70 valence electrons. The molecule has 0 aromatic heterocycles. The van der Waals surface area contributed by atoms with Gasteiger partial charge in [-0.05, 0) is 18.2 Å². The first-order valence-electron chi connectivity index (χ1n) is 4.17. The lowest BCUT2D eigenvalue weighted by molar-refractivity contribution is -0.194. The maximum absolute atomic E-state index is 8.61. The van der Waals surface area contributed by atoms with Gasteiger partial charge in [-0.1, -0.05) is 0 Å². The van der Waals surface area contributed by atoms with Crippen molar-refractivity contribution in [3.05, 3.63) is 23.8 Å². The highest BCUT2D eigenvalue weighted by Crippen LogP contribution is 2.28. The molecule has 2 N–H and O–H groups in total. The molecule has 1 heterocycles. The number of anilines is 1. The van der Waals surface area contributed by atoms with E-state index in [0.29, 0.717) is 13.2 Å². The van der Waals surface area contributed by atoms with Gasteiger partial charge in [0.2, 0.25) is 0 Å². The van der Waals surface area contributed by atoms with E-state index in [1.54, 1.807) is 0 Å². The van der Waals surface area contributed by atoms with E-state index in [2.05, 4.69) is 5.32 Å². The number of aliphatic hydroxyl groups excluding tert-OH is 1. The van der Waals surface area contributed by atoms with Gasteiger partial charge in [-0.2, -0.15) is 4.89 Å². The standard InChI is InChI=1S/C9H11NO3/c11-4-3-10-8-1-2-9-7(5-8)6-12-13-9/h1-2,5,10-11H,3-4,6H2. The van der Waals surface area contributed by atoms with E-state index in [1.165, 1.54) is 0 Å². The minimum atomic E-state index is 0.129. The van der Waals surface area contributed by atoms with Crippen LogP contribution in [0.3, 0.4) is 0 Å². The van der Waals surface area contributed by atoms with Gasteiger partial charge in [0.15, 0.2) is 5.75 Å². The minimum absolute atomic E-state index is 0.129. The predicted octanol–water partition coefficient (Wildman–Crippen LogP) is 0.915. The van der Waals surface area contributed by atoms with Crippen molar-refractivity contribution in [2.24, 2.45) is 0 Å². The second-order valence-corrected chi connectivity index (χ2v) is 2.82. The van der Waals surface area contributed by atoms with E-state index < -0.39 is 0 Å². The van der Waals surface area contributed by atoms with Crippen molar-refractivity contribution in [1.82, 2.24) is 0 Å². The monoisotopic (exact) mass is 181 g/mol. The normalized spacial score (nSPS) is 13.6. The lowest BCUT2D eigenvalue weighted by atomic mass is 10.2. The van der Waals surface area contributed by atoms with E-state index in [4.69, 9.17) is 14.9 Å². The van der Waals surface area contributed by atoms with Crippen LogP contribution in [-0.4, -0.2) is 18.3 Å². The molecule has 13 heavy (non-hydrogen) atoms. The number of aliphatic hydroxyl groups is 1. The average Bonchev–Trinajstić information content (AvgIpc) is 2.61. The van der Waals surface area contributed by atoms with Crippen molar-refractivity contribution in [2.45, 2.75) is 6.61 Å². The highest BCUT2D eigenvalue weighted by molar-refractivity contribution is 5.51. The second kappa shape index (κ2) is 3.64. The van der Waals surface area contributed by atoms with Crippen LogP contribution in [0.2, 0.25) is 0 Å². The number of benzene rings is 1. The number of nitrogens with one attached hydrogen (secondary N) is 1. The molecule has 0 unspecified atom stereocenters. The van der Waals surface area contributed by atoms with Crippen LogP contribution in [-0.2, 0) is 11.5 Å². The molecule has 0 saturated heterocycles. The molecule has 0 aliphatic carbocycles. The number of hydrogen-bond acceptors (Lipinski definition) is 4. The zero-order valence-corrected chi connectivity index (χ0v) is 7.12. The molecule has 0 radical (unpaired) electrons. The van der Waals surface area contributed by atoms with Gasteiger partial charge >= 0.3 is 0 Å². The molecule has 0 saturated carbocycles. The fourth-order valence-corrected chi connectivity index (χ4v) is 1.24. The Morgan fingerprint density at radius 2 is 2.38 bits per heavy atom. The molecule has 2 rings (SSSR count). The lowest BCUT2D eigenvalue weighted by Gasteiger charge is -2.04. The molecular weight excluding hydrogens is 170 g/mol. The third-order valence-electron chi connectivity index (χ3n) is 1.86. The van der Waals surface area contributed by atoms with Gasteiger partial charge in [-0.25, -0.2) is 0 Å². The first kappa shape index (κ1) is 8.34. The maximum Gasteiger partial charge on any atom is 0.171 e. The fourth-order valence-electron chi connectivity index (χ4n) is 1.24. The summed E-state index contributed by atoms with van der Waals surface area (Å²) < 4.78 is 0. The molecule has 0 bridgehead atoms. The van der Waals surface area contributed by atoms with Crippen molar-refractivity contribution < 1.29 is 14.9 Å². The topological polar surface area (TPSA) is 50.7 Å². The summed E-state index contributed by atoms with van der Waals surface area (Å²) in [6.45, 7) is 1.18. The Kier molecular flexibility index (Phi) is 2.33. The molecule has 0 fully saturated rings. The van der Waals surface area contributed by atoms with Crippen molar-refractivity contribution in [1.29, 1.82) is 0 Å². The molecule has 4 heteroatoms. The van der Waals surface area contributed by atoms with Crippen LogP contribution < -0.4 is 10.2 Å². The van der Waals surface area contributed by atoms with E-state index >= 15 is 0 Å². The zero-order valence-electron chi connectivity index (χ0n) is 7.12. The Balaban J connectivity index is 2.12. The Morgan fingerprint density at radius 1 is 1.46 bits per heavy atom. The Hall–Kier alpha value is -1.26. The molecule has 0 spiro atoms. The van der Waals surface area contributed by atoms with E-state index in [1.807, 2.05) is 18.2 Å². The highest BCUT2D eigenvalue weighted by atomic mass is 17.2. The van der Waals surface area contributed by atoms with Gasteiger partial charge in [0.1, 0.15) is 6.61 Å². The molecule has 1 aromatic carbocycles. The summed E-state index contributed by atoms with van der Waals surface area (Å²) in [4.78, 5) is 9.68. The smallest absolute Gasteiger partial charge is 0.171 e. The van der Waals surface area contributed by atoms with Crippen LogP contribution in [0.25, 0.3) is 0 Å². The fraction of sp³-hybridized carbons (Fsp3) is 0.333. The summed E-state index contributed by atoms with van der Waals surface area (Å²) in [7, 11) is 0. The van der Waals surface area contributed by atoms with Crippen LogP contribution in [0, 0.1) is 0 Å².